The first-order valence-corrected chi connectivity index (χ1v) is 6.03. The van der Waals surface area contributed by atoms with Crippen LogP contribution in [0.5, 0.6) is 0 Å². The average Bonchev–Trinajstić information content (AvgIpc) is 2.32. The molecule has 0 saturated carbocycles. The number of benzene rings is 2. The zero-order valence-corrected chi connectivity index (χ0v) is 10.8. The van der Waals surface area contributed by atoms with Gasteiger partial charge in [-0.3, -0.25) is 0 Å². The number of aryl methyl sites for hydroxylation is 1. The van der Waals surface area contributed by atoms with Crippen molar-refractivity contribution in [3.8, 4) is 0 Å². The van der Waals surface area contributed by atoms with Crippen molar-refractivity contribution in [1.29, 1.82) is 0 Å². The molecule has 17 heavy (non-hydrogen) atoms. The predicted molar refractivity (Wildman–Crippen MR) is 71.7 cm³/mol. The number of aliphatic hydroxyl groups is 1. The van der Waals surface area contributed by atoms with Gasteiger partial charge in [0.1, 0.15) is 6.10 Å². The van der Waals surface area contributed by atoms with Gasteiger partial charge in [0.2, 0.25) is 0 Å². The molecule has 1 atom stereocenters. The molecule has 0 aliphatic heterocycles. The zero-order valence-electron chi connectivity index (χ0n) is 9.32. The summed E-state index contributed by atoms with van der Waals surface area (Å²) in [6.45, 7) is 1.97. The Hall–Kier alpha value is -1.02. The quantitative estimate of drug-likeness (QED) is 0.855. The smallest absolute Gasteiger partial charge is 0.104 e. The second kappa shape index (κ2) is 5.09. The van der Waals surface area contributed by atoms with Crippen LogP contribution in [0, 0.1) is 6.92 Å². The van der Waals surface area contributed by atoms with E-state index in [4.69, 9.17) is 23.2 Å². The molecule has 0 amide bonds. The highest BCUT2D eigenvalue weighted by Gasteiger charge is 2.13. The van der Waals surface area contributed by atoms with Crippen LogP contribution in [0.3, 0.4) is 0 Å². The molecule has 0 heterocycles. The van der Waals surface area contributed by atoms with Crippen LogP contribution >= 0.6 is 23.2 Å². The van der Waals surface area contributed by atoms with Gasteiger partial charge in [0, 0.05) is 0 Å². The van der Waals surface area contributed by atoms with E-state index in [2.05, 4.69) is 0 Å². The molecule has 0 spiro atoms. The molecule has 0 bridgehead atoms. The molecule has 0 aromatic heterocycles. The minimum absolute atomic E-state index is 0.455. The Morgan fingerprint density at radius 3 is 2.35 bits per heavy atom. The Kier molecular flexibility index (Phi) is 3.72. The summed E-state index contributed by atoms with van der Waals surface area (Å²) in [5.41, 5.74) is 2.67. The molecule has 2 aromatic rings. The van der Waals surface area contributed by atoms with Gasteiger partial charge in [0.05, 0.1) is 10.0 Å². The van der Waals surface area contributed by atoms with Gasteiger partial charge in [-0.1, -0.05) is 53.5 Å². The largest absolute Gasteiger partial charge is 0.384 e. The number of hydrogen-bond donors (Lipinski definition) is 1. The molecule has 2 aromatic carbocycles. The molecule has 0 aliphatic carbocycles. The molecule has 1 unspecified atom stereocenters. The minimum atomic E-state index is -0.675. The fourth-order valence-corrected chi connectivity index (χ4v) is 2.06. The first kappa shape index (κ1) is 12.4. The van der Waals surface area contributed by atoms with Crippen molar-refractivity contribution >= 4 is 23.2 Å². The summed E-state index contributed by atoms with van der Waals surface area (Å²) < 4.78 is 0. The molecule has 1 nitrogen and oxygen atoms in total. The first-order valence-electron chi connectivity index (χ1n) is 5.28. The van der Waals surface area contributed by atoms with E-state index in [0.717, 1.165) is 16.7 Å². The number of halogens is 2. The van der Waals surface area contributed by atoms with E-state index in [1.54, 1.807) is 18.2 Å². The van der Waals surface area contributed by atoms with Gasteiger partial charge < -0.3 is 5.11 Å². The van der Waals surface area contributed by atoms with E-state index >= 15 is 0 Å². The highest BCUT2D eigenvalue weighted by molar-refractivity contribution is 6.42. The van der Waals surface area contributed by atoms with Crippen LogP contribution in [0.2, 0.25) is 10.0 Å². The summed E-state index contributed by atoms with van der Waals surface area (Å²) >= 11 is 11.8. The normalized spacial score (nSPS) is 12.5. The Morgan fingerprint density at radius 2 is 1.71 bits per heavy atom. The molecular formula is C14H12Cl2O. The van der Waals surface area contributed by atoms with Crippen LogP contribution in [0.4, 0.5) is 0 Å². The Morgan fingerprint density at radius 1 is 1.00 bits per heavy atom. The van der Waals surface area contributed by atoms with Crippen LogP contribution < -0.4 is 0 Å². The van der Waals surface area contributed by atoms with Crippen molar-refractivity contribution in [2.75, 3.05) is 0 Å². The van der Waals surface area contributed by atoms with Crippen molar-refractivity contribution in [3.05, 3.63) is 69.2 Å². The number of aliphatic hydroxyl groups excluding tert-OH is 1. The highest BCUT2D eigenvalue weighted by Crippen LogP contribution is 2.29. The summed E-state index contributed by atoms with van der Waals surface area (Å²) in [6, 6.07) is 12.9. The number of hydrogen-bond acceptors (Lipinski definition) is 1. The van der Waals surface area contributed by atoms with Crippen molar-refractivity contribution in [1.82, 2.24) is 0 Å². The fraction of sp³-hybridized carbons (Fsp3) is 0.143. The van der Waals surface area contributed by atoms with Gasteiger partial charge in [0.15, 0.2) is 0 Å². The molecule has 88 valence electrons. The lowest BCUT2D eigenvalue weighted by Gasteiger charge is -2.14. The van der Waals surface area contributed by atoms with Gasteiger partial charge in [-0.05, 0) is 35.7 Å². The van der Waals surface area contributed by atoms with Crippen molar-refractivity contribution in [3.63, 3.8) is 0 Å². The zero-order chi connectivity index (χ0) is 12.4. The second-order valence-electron chi connectivity index (χ2n) is 3.93. The highest BCUT2D eigenvalue weighted by atomic mass is 35.5. The lowest BCUT2D eigenvalue weighted by Crippen LogP contribution is -2.01. The topological polar surface area (TPSA) is 20.2 Å². The van der Waals surface area contributed by atoms with Gasteiger partial charge >= 0.3 is 0 Å². The van der Waals surface area contributed by atoms with Crippen molar-refractivity contribution < 1.29 is 5.11 Å². The minimum Gasteiger partial charge on any atom is -0.384 e. The second-order valence-corrected chi connectivity index (χ2v) is 4.75. The van der Waals surface area contributed by atoms with Gasteiger partial charge in [-0.25, -0.2) is 0 Å². The van der Waals surface area contributed by atoms with Gasteiger partial charge in [-0.15, -0.1) is 0 Å². The molecular weight excluding hydrogens is 255 g/mol. The van der Waals surface area contributed by atoms with E-state index in [9.17, 15) is 5.11 Å². The molecule has 0 fully saturated rings. The Balaban J connectivity index is 2.40. The van der Waals surface area contributed by atoms with E-state index in [1.165, 1.54) is 0 Å². The molecule has 0 radical (unpaired) electrons. The number of rotatable bonds is 2. The van der Waals surface area contributed by atoms with Crippen LogP contribution in [0.25, 0.3) is 0 Å². The molecule has 2 rings (SSSR count). The lowest BCUT2D eigenvalue weighted by atomic mass is 9.98. The maximum Gasteiger partial charge on any atom is 0.104 e. The van der Waals surface area contributed by atoms with Gasteiger partial charge in [-0.2, -0.15) is 0 Å². The summed E-state index contributed by atoms with van der Waals surface area (Å²) in [4.78, 5) is 0. The predicted octanol–water partition coefficient (Wildman–Crippen LogP) is 4.38. The lowest BCUT2D eigenvalue weighted by molar-refractivity contribution is 0.219. The maximum atomic E-state index is 10.3. The van der Waals surface area contributed by atoms with E-state index < -0.39 is 6.10 Å². The van der Waals surface area contributed by atoms with Crippen LogP contribution in [0.15, 0.2) is 42.5 Å². The summed E-state index contributed by atoms with van der Waals surface area (Å²) in [5.74, 6) is 0. The first-order chi connectivity index (χ1) is 8.09. The SMILES string of the molecule is Cc1ccccc1C(O)c1ccc(Cl)c(Cl)c1. The van der Waals surface area contributed by atoms with Crippen molar-refractivity contribution in [2.24, 2.45) is 0 Å². The molecule has 3 heteroatoms. The summed E-state index contributed by atoms with van der Waals surface area (Å²) in [7, 11) is 0. The maximum absolute atomic E-state index is 10.3. The van der Waals surface area contributed by atoms with Crippen LogP contribution in [-0.4, -0.2) is 5.11 Å². The fourth-order valence-electron chi connectivity index (χ4n) is 1.76. The molecule has 0 aliphatic rings. The van der Waals surface area contributed by atoms with Crippen LogP contribution in [-0.2, 0) is 0 Å². The van der Waals surface area contributed by atoms with E-state index in [-0.39, 0.29) is 0 Å². The molecule has 0 saturated heterocycles. The van der Waals surface area contributed by atoms with Gasteiger partial charge in [0.25, 0.3) is 0 Å². The summed E-state index contributed by atoms with van der Waals surface area (Å²) in [5, 5.41) is 11.2. The average molecular weight is 267 g/mol. The third-order valence-electron chi connectivity index (χ3n) is 2.74. The molecule has 1 N–H and O–H groups in total. The van der Waals surface area contributed by atoms with E-state index in [0.29, 0.717) is 10.0 Å². The van der Waals surface area contributed by atoms with Crippen molar-refractivity contribution in [2.45, 2.75) is 13.0 Å². The monoisotopic (exact) mass is 266 g/mol. The summed E-state index contributed by atoms with van der Waals surface area (Å²) in [6.07, 6.45) is -0.675. The van der Waals surface area contributed by atoms with Crippen LogP contribution in [0.1, 0.15) is 22.8 Å². The van der Waals surface area contributed by atoms with E-state index in [1.807, 2.05) is 31.2 Å². The third-order valence-corrected chi connectivity index (χ3v) is 3.48. The standard InChI is InChI=1S/C14H12Cl2O/c1-9-4-2-3-5-11(9)14(17)10-6-7-12(15)13(16)8-10/h2-8,14,17H,1H3. The third kappa shape index (κ3) is 2.63. The Bertz CT molecular complexity index is 537. The Labute approximate surface area is 111 Å².